The van der Waals surface area contributed by atoms with Gasteiger partial charge in [-0.2, -0.15) is 8.42 Å². The van der Waals surface area contributed by atoms with Gasteiger partial charge in [-0.25, -0.2) is 0 Å². The maximum Gasteiger partial charge on any atom is 0.394 e. The number of aryl methyl sites for hydroxylation is 2. The Kier molecular flexibility index (Phi) is 6.32. The van der Waals surface area contributed by atoms with Crippen molar-refractivity contribution < 1.29 is 17.5 Å². The molecular formula is C16H28N2O4S. The molecular weight excluding hydrogens is 316 g/mol. The van der Waals surface area contributed by atoms with E-state index >= 15 is 0 Å². The molecule has 1 fully saturated rings. The van der Waals surface area contributed by atoms with E-state index in [2.05, 4.69) is 46.4 Å². The Labute approximate surface area is 139 Å². The van der Waals surface area contributed by atoms with Crippen LogP contribution < -0.4 is 0 Å². The minimum atomic E-state index is -4.67. The molecule has 0 saturated carbocycles. The Morgan fingerprint density at radius 1 is 1.13 bits per heavy atom. The molecule has 2 heterocycles. The molecule has 0 spiro atoms. The van der Waals surface area contributed by atoms with Gasteiger partial charge in [0.25, 0.3) is 0 Å². The van der Waals surface area contributed by atoms with E-state index in [0.717, 1.165) is 6.54 Å². The van der Waals surface area contributed by atoms with Crippen LogP contribution in [-0.2, 0) is 15.9 Å². The lowest BCUT2D eigenvalue weighted by Gasteiger charge is -2.37. The van der Waals surface area contributed by atoms with Gasteiger partial charge >= 0.3 is 10.4 Å². The second-order valence-electron chi connectivity index (χ2n) is 6.31. The summed E-state index contributed by atoms with van der Waals surface area (Å²) in [5, 5.41) is 0. The van der Waals surface area contributed by atoms with E-state index in [9.17, 15) is 0 Å². The normalized spacial score (nSPS) is 21.9. The lowest BCUT2D eigenvalue weighted by Crippen LogP contribution is -2.40. The number of hydrogen-bond acceptors (Lipinski definition) is 4. The van der Waals surface area contributed by atoms with Crippen LogP contribution in [0.5, 0.6) is 0 Å². The average molecular weight is 344 g/mol. The molecule has 0 amide bonds. The highest BCUT2D eigenvalue weighted by molar-refractivity contribution is 7.79. The standard InChI is InChI=1S/C16H26N2.H2O4S/c1-7-18-10-8-9-16(18,6)15-12(3)11(2)13(4)17-14(15)5;1-5(2,3)4/h7-10H2,1-6H3;(H2,1,2,3,4). The van der Waals surface area contributed by atoms with Crippen LogP contribution in [0.3, 0.4) is 0 Å². The van der Waals surface area contributed by atoms with E-state index in [1.165, 1.54) is 47.5 Å². The first-order chi connectivity index (χ1) is 10.4. The van der Waals surface area contributed by atoms with Gasteiger partial charge in [0, 0.05) is 16.9 Å². The van der Waals surface area contributed by atoms with Gasteiger partial charge < -0.3 is 0 Å². The molecule has 23 heavy (non-hydrogen) atoms. The van der Waals surface area contributed by atoms with Crippen molar-refractivity contribution in [2.75, 3.05) is 13.1 Å². The number of aromatic nitrogens is 1. The molecule has 1 aromatic rings. The van der Waals surface area contributed by atoms with E-state index in [1.807, 2.05) is 0 Å². The van der Waals surface area contributed by atoms with Crippen LogP contribution in [0.25, 0.3) is 0 Å². The molecule has 1 aliphatic rings. The Morgan fingerprint density at radius 2 is 1.65 bits per heavy atom. The number of likely N-dealkylation sites (tertiary alicyclic amines) is 1. The molecule has 6 nitrogen and oxygen atoms in total. The van der Waals surface area contributed by atoms with Crippen molar-refractivity contribution in [3.8, 4) is 0 Å². The summed E-state index contributed by atoms with van der Waals surface area (Å²) in [5.41, 5.74) is 6.87. The van der Waals surface area contributed by atoms with Gasteiger partial charge in [0.05, 0.1) is 0 Å². The third-order valence-corrected chi connectivity index (χ3v) is 4.89. The summed E-state index contributed by atoms with van der Waals surface area (Å²) in [5.74, 6) is 0. The second-order valence-corrected chi connectivity index (χ2v) is 7.21. The summed E-state index contributed by atoms with van der Waals surface area (Å²) in [6.07, 6.45) is 2.56. The van der Waals surface area contributed by atoms with Gasteiger partial charge in [-0.3, -0.25) is 19.0 Å². The summed E-state index contributed by atoms with van der Waals surface area (Å²) < 4.78 is 31.6. The van der Waals surface area contributed by atoms with Crippen molar-refractivity contribution in [2.45, 2.75) is 59.9 Å². The molecule has 0 bridgehead atoms. The van der Waals surface area contributed by atoms with Gasteiger partial charge in [-0.1, -0.05) is 6.92 Å². The van der Waals surface area contributed by atoms with Gasteiger partial charge in [-0.05, 0) is 77.2 Å². The highest BCUT2D eigenvalue weighted by Crippen LogP contribution is 2.41. The zero-order chi connectivity index (χ0) is 18.0. The molecule has 1 aliphatic heterocycles. The average Bonchev–Trinajstić information content (AvgIpc) is 2.75. The lowest BCUT2D eigenvalue weighted by atomic mass is 9.83. The van der Waals surface area contributed by atoms with Crippen LogP contribution in [0.4, 0.5) is 0 Å². The first-order valence-corrected chi connectivity index (χ1v) is 9.21. The summed E-state index contributed by atoms with van der Waals surface area (Å²) >= 11 is 0. The summed E-state index contributed by atoms with van der Waals surface area (Å²) in [7, 11) is -4.67. The fourth-order valence-corrected chi connectivity index (χ4v) is 3.72. The largest absolute Gasteiger partial charge is 0.394 e. The molecule has 0 aliphatic carbocycles. The molecule has 1 atom stereocenters. The number of nitrogens with zero attached hydrogens (tertiary/aromatic N) is 2. The summed E-state index contributed by atoms with van der Waals surface area (Å²) in [6, 6.07) is 0. The first kappa shape index (κ1) is 20.0. The Balaban J connectivity index is 0.000000463. The third-order valence-electron chi connectivity index (χ3n) is 4.89. The lowest BCUT2D eigenvalue weighted by molar-refractivity contribution is 0.163. The van der Waals surface area contributed by atoms with E-state index in [1.54, 1.807) is 0 Å². The van der Waals surface area contributed by atoms with E-state index in [-0.39, 0.29) is 5.54 Å². The highest BCUT2D eigenvalue weighted by atomic mass is 32.3. The number of hydrogen-bond donors (Lipinski definition) is 2. The third kappa shape index (κ3) is 4.73. The van der Waals surface area contributed by atoms with Crippen molar-refractivity contribution in [1.29, 1.82) is 0 Å². The molecule has 132 valence electrons. The molecule has 1 unspecified atom stereocenters. The van der Waals surface area contributed by atoms with Crippen molar-refractivity contribution in [3.63, 3.8) is 0 Å². The van der Waals surface area contributed by atoms with Crippen LogP contribution >= 0.6 is 0 Å². The highest BCUT2D eigenvalue weighted by Gasteiger charge is 2.39. The molecule has 0 aromatic carbocycles. The number of rotatable bonds is 2. The molecule has 2 N–H and O–H groups in total. The number of pyridine rings is 1. The molecule has 2 rings (SSSR count). The first-order valence-electron chi connectivity index (χ1n) is 7.81. The maximum atomic E-state index is 8.74. The van der Waals surface area contributed by atoms with Crippen LogP contribution in [0.2, 0.25) is 0 Å². The zero-order valence-corrected chi connectivity index (χ0v) is 15.7. The fraction of sp³-hybridized carbons (Fsp3) is 0.688. The van der Waals surface area contributed by atoms with Crippen molar-refractivity contribution in [2.24, 2.45) is 0 Å². The van der Waals surface area contributed by atoms with Crippen molar-refractivity contribution in [1.82, 2.24) is 9.88 Å². The molecule has 0 radical (unpaired) electrons. The van der Waals surface area contributed by atoms with Crippen LogP contribution in [0.1, 0.15) is 54.8 Å². The smallest absolute Gasteiger partial charge is 0.294 e. The Bertz CT molecular complexity index is 665. The second kappa shape index (κ2) is 7.25. The summed E-state index contributed by atoms with van der Waals surface area (Å²) in [6.45, 7) is 15.8. The zero-order valence-electron chi connectivity index (χ0n) is 14.8. The van der Waals surface area contributed by atoms with Crippen molar-refractivity contribution >= 4 is 10.4 Å². The van der Waals surface area contributed by atoms with Gasteiger partial charge in [0.15, 0.2) is 0 Å². The minimum Gasteiger partial charge on any atom is -0.294 e. The summed E-state index contributed by atoms with van der Waals surface area (Å²) in [4.78, 5) is 7.38. The maximum absolute atomic E-state index is 8.74. The minimum absolute atomic E-state index is 0.189. The van der Waals surface area contributed by atoms with Crippen molar-refractivity contribution in [3.05, 3.63) is 28.1 Å². The molecule has 1 aromatic heterocycles. The van der Waals surface area contributed by atoms with Crippen LogP contribution in [0.15, 0.2) is 0 Å². The van der Waals surface area contributed by atoms with Gasteiger partial charge in [-0.15, -0.1) is 0 Å². The van der Waals surface area contributed by atoms with E-state index in [4.69, 9.17) is 22.5 Å². The van der Waals surface area contributed by atoms with E-state index in [0.29, 0.717) is 0 Å². The predicted molar refractivity (Wildman–Crippen MR) is 91.2 cm³/mol. The predicted octanol–water partition coefficient (Wildman–Crippen LogP) is 2.99. The SMILES string of the molecule is CCN1CCCC1(C)c1c(C)nc(C)c(C)c1C.O=S(=O)(O)O. The van der Waals surface area contributed by atoms with Gasteiger partial charge in [0.1, 0.15) is 0 Å². The van der Waals surface area contributed by atoms with E-state index < -0.39 is 10.4 Å². The van der Waals surface area contributed by atoms with Crippen LogP contribution in [-0.4, -0.2) is 40.5 Å². The Morgan fingerprint density at radius 3 is 2.13 bits per heavy atom. The van der Waals surface area contributed by atoms with Gasteiger partial charge in [0.2, 0.25) is 0 Å². The fourth-order valence-electron chi connectivity index (χ4n) is 3.72. The quantitative estimate of drug-likeness (QED) is 0.802. The Hall–Kier alpha value is -1.02. The van der Waals surface area contributed by atoms with Crippen LogP contribution in [0, 0.1) is 27.7 Å². The topological polar surface area (TPSA) is 90.7 Å². The molecule has 7 heteroatoms. The molecule has 1 saturated heterocycles. The monoisotopic (exact) mass is 344 g/mol.